The Labute approximate surface area is 225 Å². The Morgan fingerprint density at radius 2 is 1.86 bits per heavy atom. The third-order valence-corrected chi connectivity index (χ3v) is 7.53. The Morgan fingerprint density at radius 3 is 2.62 bits per heavy atom. The lowest BCUT2D eigenvalue weighted by Crippen LogP contribution is -2.44. The number of hydrogen-bond acceptors (Lipinski definition) is 6. The van der Waals surface area contributed by atoms with Gasteiger partial charge in [0.1, 0.15) is 5.82 Å². The lowest BCUT2D eigenvalue weighted by atomic mass is 10.0. The zero-order valence-corrected chi connectivity index (χ0v) is 22.0. The Morgan fingerprint density at radius 1 is 1.11 bits per heavy atom. The number of nitrogens with one attached hydrogen (secondary N) is 2. The van der Waals surface area contributed by atoms with Crippen molar-refractivity contribution in [1.29, 1.82) is 0 Å². The minimum absolute atomic E-state index is 0.343. The van der Waals surface area contributed by atoms with Crippen LogP contribution in [0.15, 0.2) is 60.1 Å². The second kappa shape index (κ2) is 11.2. The van der Waals surface area contributed by atoms with Crippen molar-refractivity contribution in [3.05, 3.63) is 70.7 Å². The lowest BCUT2D eigenvalue weighted by Gasteiger charge is -2.30. The molecule has 188 valence electrons. The highest BCUT2D eigenvalue weighted by molar-refractivity contribution is 7.18. The van der Waals surface area contributed by atoms with Crippen LogP contribution in [-0.4, -0.2) is 60.6 Å². The van der Waals surface area contributed by atoms with Crippen LogP contribution >= 0.6 is 22.9 Å². The Bertz CT molecular complexity index is 1480. The van der Waals surface area contributed by atoms with Crippen LogP contribution < -0.4 is 16.4 Å². The fourth-order valence-electron chi connectivity index (χ4n) is 4.21. The van der Waals surface area contributed by atoms with E-state index in [4.69, 9.17) is 17.3 Å². The molecule has 1 saturated heterocycles. The predicted molar refractivity (Wildman–Crippen MR) is 154 cm³/mol. The fourth-order valence-corrected chi connectivity index (χ4v) is 5.46. The van der Waals surface area contributed by atoms with Crippen LogP contribution in [0.4, 0.5) is 22.0 Å². The number of pyridine rings is 1. The summed E-state index contributed by atoms with van der Waals surface area (Å²) < 4.78 is 1.04. The number of fused-ring (bicyclic) bond motifs is 1. The summed E-state index contributed by atoms with van der Waals surface area (Å²) in [5.41, 5.74) is 10.5. The van der Waals surface area contributed by atoms with Gasteiger partial charge in [-0.25, -0.2) is 9.78 Å². The van der Waals surface area contributed by atoms with Gasteiger partial charge in [-0.2, -0.15) is 0 Å². The SMILES string of the molecule is CN1CCN(CC#Cc2cnc(N)c3c(-c4ccc(NC(=O)Nc5cccc(Cl)c5)cc4)csc23)CC1. The van der Waals surface area contributed by atoms with E-state index in [0.717, 1.165) is 59.5 Å². The van der Waals surface area contributed by atoms with Crippen molar-refractivity contribution in [2.75, 3.05) is 56.1 Å². The number of urea groups is 1. The van der Waals surface area contributed by atoms with Gasteiger partial charge in [0.15, 0.2) is 0 Å². The third kappa shape index (κ3) is 6.04. The number of thiophene rings is 1. The number of amides is 2. The van der Waals surface area contributed by atoms with E-state index in [9.17, 15) is 4.79 Å². The zero-order valence-electron chi connectivity index (χ0n) is 20.4. The molecule has 2 aromatic heterocycles. The van der Waals surface area contributed by atoms with E-state index in [-0.39, 0.29) is 6.03 Å². The van der Waals surface area contributed by atoms with E-state index in [2.05, 4.69) is 49.7 Å². The first-order chi connectivity index (χ1) is 18.0. The normalized spacial score (nSPS) is 14.2. The minimum atomic E-state index is -0.343. The largest absolute Gasteiger partial charge is 0.383 e. The molecule has 1 aliphatic rings. The van der Waals surface area contributed by atoms with Gasteiger partial charge in [-0.3, -0.25) is 4.90 Å². The van der Waals surface area contributed by atoms with Crippen molar-refractivity contribution in [2.45, 2.75) is 0 Å². The monoisotopic (exact) mass is 530 g/mol. The second-order valence-electron chi connectivity index (χ2n) is 8.96. The zero-order chi connectivity index (χ0) is 25.8. The summed E-state index contributed by atoms with van der Waals surface area (Å²) in [4.78, 5) is 21.5. The van der Waals surface area contributed by atoms with Crippen LogP contribution in [0, 0.1) is 11.8 Å². The molecule has 2 amide bonds. The highest BCUT2D eigenvalue weighted by Crippen LogP contribution is 2.38. The smallest absolute Gasteiger partial charge is 0.323 e. The molecule has 0 aliphatic carbocycles. The van der Waals surface area contributed by atoms with Crippen LogP contribution in [0.5, 0.6) is 0 Å². The van der Waals surface area contributed by atoms with Gasteiger partial charge in [0.05, 0.1) is 16.8 Å². The van der Waals surface area contributed by atoms with E-state index < -0.39 is 0 Å². The number of halogens is 1. The van der Waals surface area contributed by atoms with Crippen molar-refractivity contribution in [1.82, 2.24) is 14.8 Å². The molecule has 7 nitrogen and oxygen atoms in total. The van der Waals surface area contributed by atoms with E-state index in [1.54, 1.807) is 41.8 Å². The Balaban J connectivity index is 1.30. The van der Waals surface area contributed by atoms with Gasteiger partial charge < -0.3 is 21.3 Å². The number of nitrogens with two attached hydrogens (primary N) is 1. The molecular weight excluding hydrogens is 504 g/mol. The molecule has 0 atom stereocenters. The maximum Gasteiger partial charge on any atom is 0.323 e. The number of anilines is 3. The summed E-state index contributed by atoms with van der Waals surface area (Å²) >= 11 is 7.60. The summed E-state index contributed by atoms with van der Waals surface area (Å²) in [6.45, 7) is 4.97. The van der Waals surface area contributed by atoms with Crippen LogP contribution in [0.1, 0.15) is 5.56 Å². The van der Waals surface area contributed by atoms with Crippen molar-refractivity contribution in [3.63, 3.8) is 0 Å². The van der Waals surface area contributed by atoms with Gasteiger partial charge in [-0.15, -0.1) is 11.3 Å². The molecule has 5 rings (SSSR count). The van der Waals surface area contributed by atoms with E-state index in [1.165, 1.54) is 0 Å². The summed E-state index contributed by atoms with van der Waals surface area (Å²) in [5, 5.41) is 9.17. The first-order valence-corrected chi connectivity index (χ1v) is 13.2. The van der Waals surface area contributed by atoms with Crippen molar-refractivity contribution in [3.8, 4) is 23.0 Å². The standard InChI is InChI=1S/C28H27ClN6OS/c1-34-12-14-35(15-13-34)11-3-4-20-17-31-27(30)25-24(18-37-26(20)25)19-7-9-22(10-8-19)32-28(36)33-23-6-2-5-21(29)16-23/h2,5-10,16-18H,11-15H2,1H3,(H2,30,31)(H2,32,33,36). The summed E-state index contributed by atoms with van der Waals surface area (Å²) in [5.74, 6) is 7.12. The Kier molecular flexibility index (Phi) is 7.58. The van der Waals surface area contributed by atoms with Gasteiger partial charge in [0.25, 0.3) is 0 Å². The molecule has 3 heterocycles. The van der Waals surface area contributed by atoms with Crippen molar-refractivity contribution in [2.24, 2.45) is 0 Å². The van der Waals surface area contributed by atoms with Crippen molar-refractivity contribution < 1.29 is 4.79 Å². The van der Waals surface area contributed by atoms with Gasteiger partial charge >= 0.3 is 6.03 Å². The lowest BCUT2D eigenvalue weighted by molar-refractivity contribution is 0.168. The maximum absolute atomic E-state index is 12.4. The molecule has 37 heavy (non-hydrogen) atoms. The summed E-state index contributed by atoms with van der Waals surface area (Å²) in [7, 11) is 2.15. The number of likely N-dealkylation sites (N-methyl/N-ethyl adjacent to an activating group) is 1. The molecule has 0 saturated carbocycles. The quantitative estimate of drug-likeness (QED) is 0.306. The van der Waals surface area contributed by atoms with Crippen molar-refractivity contribution >= 4 is 56.2 Å². The molecule has 4 aromatic rings. The van der Waals surface area contributed by atoms with Crippen LogP contribution in [0.3, 0.4) is 0 Å². The molecule has 0 bridgehead atoms. The number of carbonyl (C=O) groups is 1. The first kappa shape index (κ1) is 25.1. The molecule has 9 heteroatoms. The van der Waals surface area contributed by atoms with E-state index in [1.807, 2.05) is 24.3 Å². The highest BCUT2D eigenvalue weighted by Gasteiger charge is 2.15. The number of nitrogens with zero attached hydrogens (tertiary/aromatic N) is 3. The molecule has 2 aromatic carbocycles. The summed E-state index contributed by atoms with van der Waals surface area (Å²) in [6, 6.07) is 14.3. The second-order valence-corrected chi connectivity index (χ2v) is 10.3. The van der Waals surface area contributed by atoms with Crippen LogP contribution in [0.2, 0.25) is 5.02 Å². The van der Waals surface area contributed by atoms with E-state index >= 15 is 0 Å². The fraction of sp³-hybridized carbons (Fsp3) is 0.214. The minimum Gasteiger partial charge on any atom is -0.383 e. The number of hydrogen-bond donors (Lipinski definition) is 3. The topological polar surface area (TPSA) is 86.5 Å². The number of aromatic nitrogens is 1. The molecule has 1 aliphatic heterocycles. The number of rotatable bonds is 4. The van der Waals surface area contributed by atoms with Crippen LogP contribution in [0.25, 0.3) is 21.2 Å². The van der Waals surface area contributed by atoms with Gasteiger partial charge in [0, 0.05) is 59.7 Å². The molecule has 1 fully saturated rings. The molecule has 4 N–H and O–H groups in total. The molecule has 0 unspecified atom stereocenters. The number of piperazine rings is 1. The number of carbonyl (C=O) groups excluding carboxylic acids is 1. The van der Waals surface area contributed by atoms with Gasteiger partial charge in [-0.1, -0.05) is 41.6 Å². The highest BCUT2D eigenvalue weighted by atomic mass is 35.5. The number of benzene rings is 2. The average Bonchev–Trinajstić information content (AvgIpc) is 3.33. The molecule has 0 radical (unpaired) electrons. The first-order valence-electron chi connectivity index (χ1n) is 12.0. The average molecular weight is 531 g/mol. The molecule has 0 spiro atoms. The predicted octanol–water partition coefficient (Wildman–Crippen LogP) is 5.44. The maximum atomic E-state index is 12.4. The van der Waals surface area contributed by atoms with Crippen LogP contribution in [-0.2, 0) is 0 Å². The number of nitrogen functional groups attached to an aromatic ring is 1. The third-order valence-electron chi connectivity index (χ3n) is 6.28. The van der Waals surface area contributed by atoms with E-state index in [0.29, 0.717) is 22.2 Å². The Hall–Kier alpha value is -3.61. The summed E-state index contributed by atoms with van der Waals surface area (Å²) in [6.07, 6.45) is 1.76. The van der Waals surface area contributed by atoms with Gasteiger partial charge in [0.2, 0.25) is 0 Å². The molecular formula is C28H27ClN6OS. The van der Waals surface area contributed by atoms with Gasteiger partial charge in [-0.05, 0) is 48.3 Å².